The zero-order chi connectivity index (χ0) is 11.4. The van der Waals surface area contributed by atoms with E-state index in [0.29, 0.717) is 6.04 Å². The van der Waals surface area contributed by atoms with Gasteiger partial charge in [-0.15, -0.1) is 11.3 Å². The summed E-state index contributed by atoms with van der Waals surface area (Å²) in [5.41, 5.74) is 6.85. The number of benzene rings is 1. The predicted molar refractivity (Wildman–Crippen MR) is 70.8 cm³/mol. The molecule has 0 aliphatic carbocycles. The highest BCUT2D eigenvalue weighted by Gasteiger charge is 2.02. The highest BCUT2D eigenvalue weighted by molar-refractivity contribution is 7.18. The van der Waals surface area contributed by atoms with E-state index in [-0.39, 0.29) is 0 Å². The van der Waals surface area contributed by atoms with Gasteiger partial charge >= 0.3 is 0 Å². The molecule has 2 nitrogen and oxygen atoms in total. The third kappa shape index (κ3) is 3.03. The second kappa shape index (κ2) is 5.41. The summed E-state index contributed by atoms with van der Waals surface area (Å²) in [7, 11) is 0. The molecular weight excluding hydrogens is 216 g/mol. The summed E-state index contributed by atoms with van der Waals surface area (Å²) in [6, 6.07) is 8.66. The normalized spacial score (nSPS) is 13.1. The standard InChI is InChI=1S/C13H18N2S/c1-10(14)6-2-5-9-13-15-11-7-3-4-8-12(11)16-13/h3-4,7-8,10H,2,5-6,9,14H2,1H3. The van der Waals surface area contributed by atoms with Crippen LogP contribution in [0.4, 0.5) is 0 Å². The Labute approximate surface area is 101 Å². The monoisotopic (exact) mass is 234 g/mol. The van der Waals surface area contributed by atoms with Crippen molar-refractivity contribution in [3.8, 4) is 0 Å². The maximum atomic E-state index is 5.72. The fourth-order valence-electron chi connectivity index (χ4n) is 1.77. The number of rotatable bonds is 5. The van der Waals surface area contributed by atoms with E-state index in [0.717, 1.165) is 18.4 Å². The average molecular weight is 234 g/mol. The van der Waals surface area contributed by atoms with Gasteiger partial charge in [0.1, 0.15) is 0 Å². The molecule has 0 radical (unpaired) electrons. The van der Waals surface area contributed by atoms with Crippen LogP contribution in [0.25, 0.3) is 10.2 Å². The van der Waals surface area contributed by atoms with Crippen molar-refractivity contribution >= 4 is 21.6 Å². The van der Waals surface area contributed by atoms with Gasteiger partial charge in [0.2, 0.25) is 0 Å². The third-order valence-corrected chi connectivity index (χ3v) is 3.73. The molecule has 0 saturated heterocycles. The van der Waals surface area contributed by atoms with E-state index >= 15 is 0 Å². The number of aromatic nitrogens is 1. The van der Waals surface area contributed by atoms with Crippen molar-refractivity contribution in [2.45, 2.75) is 38.6 Å². The van der Waals surface area contributed by atoms with Gasteiger partial charge in [0, 0.05) is 6.04 Å². The molecule has 1 aromatic carbocycles. The van der Waals surface area contributed by atoms with Crippen LogP contribution in [-0.4, -0.2) is 11.0 Å². The quantitative estimate of drug-likeness (QED) is 0.806. The van der Waals surface area contributed by atoms with Crippen molar-refractivity contribution in [3.05, 3.63) is 29.3 Å². The lowest BCUT2D eigenvalue weighted by atomic mass is 10.1. The number of hydrogen-bond acceptors (Lipinski definition) is 3. The van der Waals surface area contributed by atoms with Crippen molar-refractivity contribution in [3.63, 3.8) is 0 Å². The Morgan fingerprint density at radius 2 is 2.12 bits per heavy atom. The predicted octanol–water partition coefficient (Wildman–Crippen LogP) is 3.36. The lowest BCUT2D eigenvalue weighted by Crippen LogP contribution is -2.14. The van der Waals surface area contributed by atoms with Crippen LogP contribution in [0.15, 0.2) is 24.3 Å². The Bertz CT molecular complexity index is 415. The van der Waals surface area contributed by atoms with E-state index in [4.69, 9.17) is 5.73 Å². The van der Waals surface area contributed by atoms with Crippen molar-refractivity contribution in [1.29, 1.82) is 0 Å². The molecule has 0 spiro atoms. The molecule has 1 atom stereocenters. The summed E-state index contributed by atoms with van der Waals surface area (Å²) in [5, 5.41) is 1.26. The fourth-order valence-corrected chi connectivity index (χ4v) is 2.78. The molecule has 86 valence electrons. The maximum absolute atomic E-state index is 5.72. The molecule has 2 aromatic rings. The number of aryl methyl sites for hydroxylation is 1. The summed E-state index contributed by atoms with van der Waals surface area (Å²) in [4.78, 5) is 4.62. The topological polar surface area (TPSA) is 38.9 Å². The highest BCUT2D eigenvalue weighted by atomic mass is 32.1. The molecule has 2 rings (SSSR count). The van der Waals surface area contributed by atoms with E-state index in [1.54, 1.807) is 0 Å². The Morgan fingerprint density at radius 3 is 2.88 bits per heavy atom. The SMILES string of the molecule is CC(N)CCCCc1nc2ccccc2s1. The largest absolute Gasteiger partial charge is 0.328 e. The Kier molecular flexibility index (Phi) is 3.91. The van der Waals surface area contributed by atoms with Gasteiger partial charge in [-0.25, -0.2) is 4.98 Å². The molecular formula is C13H18N2S. The Morgan fingerprint density at radius 1 is 1.31 bits per heavy atom. The summed E-state index contributed by atoms with van der Waals surface area (Å²) in [5.74, 6) is 0. The number of fused-ring (bicyclic) bond motifs is 1. The van der Waals surface area contributed by atoms with Crippen LogP contribution < -0.4 is 5.73 Å². The number of nitrogens with zero attached hydrogens (tertiary/aromatic N) is 1. The molecule has 0 aliphatic rings. The molecule has 1 heterocycles. The smallest absolute Gasteiger partial charge is 0.0938 e. The highest BCUT2D eigenvalue weighted by Crippen LogP contribution is 2.22. The molecule has 0 fully saturated rings. The van der Waals surface area contributed by atoms with Gasteiger partial charge in [0.05, 0.1) is 15.2 Å². The minimum Gasteiger partial charge on any atom is -0.328 e. The fraction of sp³-hybridized carbons (Fsp3) is 0.462. The first-order chi connectivity index (χ1) is 7.75. The number of hydrogen-bond donors (Lipinski definition) is 1. The molecule has 1 unspecified atom stereocenters. The maximum Gasteiger partial charge on any atom is 0.0938 e. The molecule has 1 aromatic heterocycles. The van der Waals surface area contributed by atoms with E-state index in [1.807, 2.05) is 17.4 Å². The van der Waals surface area contributed by atoms with Crippen molar-refractivity contribution in [2.24, 2.45) is 5.73 Å². The van der Waals surface area contributed by atoms with Crippen LogP contribution in [0.5, 0.6) is 0 Å². The number of unbranched alkanes of at least 4 members (excludes halogenated alkanes) is 1. The second-order valence-electron chi connectivity index (χ2n) is 4.30. The number of thiazole rings is 1. The van der Waals surface area contributed by atoms with Crippen LogP contribution in [0.3, 0.4) is 0 Å². The Balaban J connectivity index is 1.89. The van der Waals surface area contributed by atoms with Gasteiger partial charge in [-0.05, 0) is 38.3 Å². The lowest BCUT2D eigenvalue weighted by Gasteiger charge is -2.02. The van der Waals surface area contributed by atoms with E-state index in [9.17, 15) is 0 Å². The van der Waals surface area contributed by atoms with Crippen molar-refractivity contribution in [1.82, 2.24) is 4.98 Å². The molecule has 2 N–H and O–H groups in total. The van der Waals surface area contributed by atoms with Crippen LogP contribution >= 0.6 is 11.3 Å². The van der Waals surface area contributed by atoms with Crippen LogP contribution in [0.1, 0.15) is 31.2 Å². The minimum atomic E-state index is 0.329. The molecule has 3 heteroatoms. The van der Waals surface area contributed by atoms with E-state index in [1.165, 1.54) is 22.5 Å². The third-order valence-electron chi connectivity index (χ3n) is 2.64. The van der Waals surface area contributed by atoms with Gasteiger partial charge in [-0.1, -0.05) is 18.6 Å². The summed E-state index contributed by atoms with van der Waals surface area (Å²) in [6.45, 7) is 2.07. The van der Waals surface area contributed by atoms with E-state index in [2.05, 4.69) is 30.1 Å². The van der Waals surface area contributed by atoms with Crippen molar-refractivity contribution in [2.75, 3.05) is 0 Å². The zero-order valence-electron chi connectivity index (χ0n) is 9.65. The number of nitrogens with two attached hydrogens (primary N) is 1. The van der Waals surface area contributed by atoms with E-state index < -0.39 is 0 Å². The van der Waals surface area contributed by atoms with Crippen molar-refractivity contribution < 1.29 is 0 Å². The van der Waals surface area contributed by atoms with Crippen LogP contribution in [0, 0.1) is 0 Å². The Hall–Kier alpha value is -0.930. The molecule has 0 amide bonds. The van der Waals surface area contributed by atoms with Gasteiger partial charge in [0.15, 0.2) is 0 Å². The van der Waals surface area contributed by atoms with Gasteiger partial charge < -0.3 is 5.73 Å². The summed E-state index contributed by atoms with van der Waals surface area (Å²) < 4.78 is 1.30. The van der Waals surface area contributed by atoms with Crippen LogP contribution in [-0.2, 0) is 6.42 Å². The summed E-state index contributed by atoms with van der Waals surface area (Å²) in [6.07, 6.45) is 4.60. The lowest BCUT2D eigenvalue weighted by molar-refractivity contribution is 0.597. The second-order valence-corrected chi connectivity index (χ2v) is 5.41. The van der Waals surface area contributed by atoms with Gasteiger partial charge in [-0.3, -0.25) is 0 Å². The molecule has 16 heavy (non-hydrogen) atoms. The molecule has 0 bridgehead atoms. The molecule has 0 saturated carbocycles. The summed E-state index contributed by atoms with van der Waals surface area (Å²) >= 11 is 1.81. The first-order valence-electron chi connectivity index (χ1n) is 5.86. The zero-order valence-corrected chi connectivity index (χ0v) is 10.5. The minimum absolute atomic E-state index is 0.329. The molecule has 0 aliphatic heterocycles. The van der Waals surface area contributed by atoms with Gasteiger partial charge in [-0.2, -0.15) is 0 Å². The average Bonchev–Trinajstić information content (AvgIpc) is 2.66. The first kappa shape index (κ1) is 11.6. The van der Waals surface area contributed by atoms with Crippen LogP contribution in [0.2, 0.25) is 0 Å². The number of para-hydroxylation sites is 1. The first-order valence-corrected chi connectivity index (χ1v) is 6.67. The van der Waals surface area contributed by atoms with Gasteiger partial charge in [0.25, 0.3) is 0 Å².